The van der Waals surface area contributed by atoms with Gasteiger partial charge in [-0.15, -0.1) is 0 Å². The first kappa shape index (κ1) is 20.8. The van der Waals surface area contributed by atoms with Crippen LogP contribution >= 0.6 is 0 Å². The van der Waals surface area contributed by atoms with Gasteiger partial charge in [-0.05, 0) is 47.0 Å². The van der Waals surface area contributed by atoms with Crippen LogP contribution in [0.3, 0.4) is 0 Å². The van der Waals surface area contributed by atoms with Gasteiger partial charge in [-0.3, -0.25) is 4.79 Å². The summed E-state index contributed by atoms with van der Waals surface area (Å²) in [5, 5.41) is 32.2. The van der Waals surface area contributed by atoms with E-state index in [-0.39, 0.29) is 12.1 Å². The summed E-state index contributed by atoms with van der Waals surface area (Å²) in [6.07, 6.45) is -1.06. The number of hydrogen-bond acceptors (Lipinski definition) is 6. The summed E-state index contributed by atoms with van der Waals surface area (Å²) < 4.78 is 5.41. The monoisotopic (exact) mass is 395 g/mol. The largest absolute Gasteiger partial charge is 0.394 e. The van der Waals surface area contributed by atoms with Gasteiger partial charge in [-0.1, -0.05) is 18.2 Å². The number of carbonyl (C=O) groups is 1. The third-order valence-electron chi connectivity index (χ3n) is 5.06. The molecule has 2 aromatic rings. The highest BCUT2D eigenvalue weighted by atomic mass is 16.5. The van der Waals surface area contributed by atoms with Crippen LogP contribution in [0.5, 0.6) is 0 Å². The van der Waals surface area contributed by atoms with Gasteiger partial charge in [0.1, 0.15) is 11.6 Å². The van der Waals surface area contributed by atoms with Gasteiger partial charge >= 0.3 is 0 Å². The Morgan fingerprint density at radius 1 is 1.24 bits per heavy atom. The first-order valence-electron chi connectivity index (χ1n) is 9.58. The molecule has 1 aliphatic rings. The lowest BCUT2D eigenvalue weighted by Crippen LogP contribution is -2.36. The van der Waals surface area contributed by atoms with E-state index in [2.05, 4.69) is 22.3 Å². The molecule has 0 aliphatic carbocycles. The van der Waals surface area contributed by atoms with Crippen molar-refractivity contribution in [3.63, 3.8) is 0 Å². The molecule has 0 bridgehead atoms. The average Bonchev–Trinajstić information content (AvgIpc) is 2.77. The number of aliphatic hydroxyl groups is 2. The Kier molecular flexibility index (Phi) is 6.83. The van der Waals surface area contributed by atoms with E-state index in [0.717, 1.165) is 48.3 Å². The molecule has 1 fully saturated rings. The molecule has 152 valence electrons. The molecule has 1 saturated heterocycles. The number of fused-ring (bicyclic) bond motifs is 1. The Labute approximate surface area is 169 Å². The molecule has 1 heterocycles. The van der Waals surface area contributed by atoms with Crippen molar-refractivity contribution in [1.82, 2.24) is 5.32 Å². The molecule has 0 radical (unpaired) electrons. The second-order valence-corrected chi connectivity index (χ2v) is 7.00. The number of ether oxygens (including phenoxy) is 1. The number of nitriles is 1. The van der Waals surface area contributed by atoms with Crippen LogP contribution in [0.2, 0.25) is 0 Å². The second kappa shape index (κ2) is 9.52. The number of hydrogen-bond donors (Lipinski definition) is 3. The first-order chi connectivity index (χ1) is 14.0. The number of nitrogens with zero attached hydrogens (tertiary/aromatic N) is 2. The number of aliphatic hydroxyl groups excluding tert-OH is 2. The number of nitrogens with one attached hydrogen (secondary N) is 1. The Bertz CT molecular complexity index is 958. The van der Waals surface area contributed by atoms with Crippen LogP contribution < -0.4 is 10.2 Å². The van der Waals surface area contributed by atoms with E-state index in [1.165, 1.54) is 0 Å². The van der Waals surface area contributed by atoms with E-state index in [9.17, 15) is 15.2 Å². The number of amides is 1. The maximum absolute atomic E-state index is 12.3. The standard InChI is InChI=1S/C22H25N3O4/c1-15(21(12-23)22(28)24-13-20(27)14-26)16-2-3-18-11-19(5-4-17(18)10-16)25-6-8-29-9-7-25/h2-5,10-11,20,26-27H,6-9,13-14H2,1H3,(H,24,28). The maximum atomic E-state index is 12.3. The van der Waals surface area contributed by atoms with E-state index in [0.29, 0.717) is 5.57 Å². The molecule has 1 unspecified atom stereocenters. The lowest BCUT2D eigenvalue weighted by Gasteiger charge is -2.29. The van der Waals surface area contributed by atoms with Gasteiger partial charge in [0.05, 0.1) is 25.9 Å². The fraction of sp³-hybridized carbons (Fsp3) is 0.364. The lowest BCUT2D eigenvalue weighted by atomic mass is 9.98. The SMILES string of the molecule is CC(=C(C#N)C(=O)NCC(O)CO)c1ccc2cc(N3CCOCC3)ccc2c1. The van der Waals surface area contributed by atoms with E-state index < -0.39 is 18.6 Å². The molecule has 3 rings (SSSR count). The lowest BCUT2D eigenvalue weighted by molar-refractivity contribution is -0.117. The molecule has 0 aromatic heterocycles. The summed E-state index contributed by atoms with van der Waals surface area (Å²) in [7, 11) is 0. The molecule has 2 aromatic carbocycles. The minimum absolute atomic E-state index is 0.0144. The van der Waals surface area contributed by atoms with Gasteiger partial charge in [0, 0.05) is 25.3 Å². The molecule has 3 N–H and O–H groups in total. The Balaban J connectivity index is 1.85. The minimum atomic E-state index is -1.06. The Morgan fingerprint density at radius 2 is 1.93 bits per heavy atom. The first-order valence-corrected chi connectivity index (χ1v) is 9.58. The van der Waals surface area contributed by atoms with Crippen LogP contribution in [0.25, 0.3) is 16.3 Å². The summed E-state index contributed by atoms with van der Waals surface area (Å²) in [4.78, 5) is 14.6. The van der Waals surface area contributed by atoms with Crippen molar-refractivity contribution in [2.24, 2.45) is 0 Å². The summed E-state index contributed by atoms with van der Waals surface area (Å²) in [5.74, 6) is -0.569. The highest BCUT2D eigenvalue weighted by molar-refractivity contribution is 6.05. The van der Waals surface area contributed by atoms with Crippen LogP contribution in [0.4, 0.5) is 5.69 Å². The fourth-order valence-corrected chi connectivity index (χ4v) is 3.30. The van der Waals surface area contributed by atoms with Crippen molar-refractivity contribution in [3.05, 3.63) is 47.5 Å². The van der Waals surface area contributed by atoms with Gasteiger partial charge in [0.25, 0.3) is 5.91 Å². The maximum Gasteiger partial charge on any atom is 0.262 e. The van der Waals surface area contributed by atoms with E-state index >= 15 is 0 Å². The summed E-state index contributed by atoms with van der Waals surface area (Å²) in [6.45, 7) is 4.36. The quantitative estimate of drug-likeness (QED) is 0.505. The Hall–Kier alpha value is -2.92. The molecule has 1 amide bonds. The highest BCUT2D eigenvalue weighted by Gasteiger charge is 2.16. The third kappa shape index (κ3) is 4.93. The molecule has 1 atom stereocenters. The number of morpholine rings is 1. The summed E-state index contributed by atoms with van der Waals surface area (Å²) >= 11 is 0. The number of allylic oxidation sites excluding steroid dienone is 1. The van der Waals surface area contributed by atoms with Gasteiger partial charge in [-0.2, -0.15) is 5.26 Å². The van der Waals surface area contributed by atoms with Gasteiger partial charge in [0.2, 0.25) is 0 Å². The zero-order valence-electron chi connectivity index (χ0n) is 16.4. The van der Waals surface area contributed by atoms with Gasteiger partial charge < -0.3 is 25.2 Å². The fourth-order valence-electron chi connectivity index (χ4n) is 3.30. The van der Waals surface area contributed by atoms with Crippen LogP contribution in [0.1, 0.15) is 12.5 Å². The molecular formula is C22H25N3O4. The number of benzene rings is 2. The van der Waals surface area contributed by atoms with Crippen molar-refractivity contribution < 1.29 is 19.7 Å². The molecule has 7 heteroatoms. The van der Waals surface area contributed by atoms with Crippen molar-refractivity contribution in [3.8, 4) is 6.07 Å². The second-order valence-electron chi connectivity index (χ2n) is 7.00. The average molecular weight is 395 g/mol. The number of anilines is 1. The van der Waals surface area contributed by atoms with Crippen molar-refractivity contribution >= 4 is 27.9 Å². The minimum Gasteiger partial charge on any atom is -0.394 e. The summed E-state index contributed by atoms with van der Waals surface area (Å²) in [6, 6.07) is 14.0. The predicted molar refractivity (Wildman–Crippen MR) is 111 cm³/mol. The molecule has 7 nitrogen and oxygen atoms in total. The molecule has 1 aliphatic heterocycles. The molecule has 0 spiro atoms. The number of rotatable bonds is 6. The zero-order valence-corrected chi connectivity index (χ0v) is 16.4. The van der Waals surface area contributed by atoms with Crippen molar-refractivity contribution in [1.29, 1.82) is 5.26 Å². The number of carbonyl (C=O) groups excluding carboxylic acids is 1. The third-order valence-corrected chi connectivity index (χ3v) is 5.06. The van der Waals surface area contributed by atoms with Crippen LogP contribution in [-0.2, 0) is 9.53 Å². The van der Waals surface area contributed by atoms with E-state index in [1.807, 2.05) is 30.3 Å². The van der Waals surface area contributed by atoms with Gasteiger partial charge in [0.15, 0.2) is 0 Å². The van der Waals surface area contributed by atoms with Crippen LogP contribution in [-0.4, -0.2) is 61.7 Å². The smallest absolute Gasteiger partial charge is 0.262 e. The molecule has 29 heavy (non-hydrogen) atoms. The summed E-state index contributed by atoms with van der Waals surface area (Å²) in [5.41, 5.74) is 2.48. The van der Waals surface area contributed by atoms with Crippen molar-refractivity contribution in [2.45, 2.75) is 13.0 Å². The van der Waals surface area contributed by atoms with Crippen LogP contribution in [0, 0.1) is 11.3 Å². The molecule has 0 saturated carbocycles. The predicted octanol–water partition coefficient (Wildman–Crippen LogP) is 1.44. The van der Waals surface area contributed by atoms with E-state index in [1.54, 1.807) is 6.92 Å². The van der Waals surface area contributed by atoms with Crippen LogP contribution in [0.15, 0.2) is 42.0 Å². The Morgan fingerprint density at radius 3 is 2.62 bits per heavy atom. The topological polar surface area (TPSA) is 106 Å². The normalized spacial score (nSPS) is 16.1. The zero-order chi connectivity index (χ0) is 20.8. The van der Waals surface area contributed by atoms with Gasteiger partial charge in [-0.25, -0.2) is 0 Å². The van der Waals surface area contributed by atoms with Crippen molar-refractivity contribution in [2.75, 3.05) is 44.4 Å². The molecular weight excluding hydrogens is 370 g/mol. The highest BCUT2D eigenvalue weighted by Crippen LogP contribution is 2.27. The van der Waals surface area contributed by atoms with E-state index in [4.69, 9.17) is 9.84 Å².